The van der Waals surface area contributed by atoms with Crippen LogP contribution in [0.2, 0.25) is 0 Å². The van der Waals surface area contributed by atoms with Gasteiger partial charge >= 0.3 is 23.9 Å². The second-order valence-corrected chi connectivity index (χ2v) is 8.29. The van der Waals surface area contributed by atoms with Crippen LogP contribution in [0.3, 0.4) is 0 Å². The van der Waals surface area contributed by atoms with Gasteiger partial charge in [0, 0.05) is 27.7 Å². The van der Waals surface area contributed by atoms with Gasteiger partial charge in [0.1, 0.15) is 12.7 Å². The lowest BCUT2D eigenvalue weighted by atomic mass is 9.98. The lowest BCUT2D eigenvalue weighted by molar-refractivity contribution is -0.292. The molecule has 0 aromatic heterocycles. The van der Waals surface area contributed by atoms with E-state index in [1.807, 2.05) is 0 Å². The van der Waals surface area contributed by atoms with E-state index >= 15 is 0 Å². The van der Waals surface area contributed by atoms with Crippen molar-refractivity contribution in [2.24, 2.45) is 0 Å². The van der Waals surface area contributed by atoms with E-state index in [-0.39, 0.29) is 0 Å². The van der Waals surface area contributed by atoms with Gasteiger partial charge in [-0.05, 0) is 0 Å². The van der Waals surface area contributed by atoms with E-state index in [1.54, 1.807) is 0 Å². The van der Waals surface area contributed by atoms with E-state index in [2.05, 4.69) is 0 Å². The van der Waals surface area contributed by atoms with Crippen molar-refractivity contribution in [1.82, 2.24) is 0 Å². The Morgan fingerprint density at radius 1 is 0.800 bits per heavy atom. The van der Waals surface area contributed by atoms with Crippen LogP contribution in [-0.4, -0.2) is 70.9 Å². The average Bonchev–Trinajstić information content (AvgIpc) is 2.56. The lowest BCUT2D eigenvalue weighted by Crippen LogP contribution is -2.63. The number of hydrogen-bond donors (Lipinski definition) is 1. The summed E-state index contributed by atoms with van der Waals surface area (Å²) in [6, 6.07) is 0. The Morgan fingerprint density at radius 2 is 1.27 bits per heavy atom. The van der Waals surface area contributed by atoms with Crippen LogP contribution in [-0.2, 0) is 47.6 Å². The van der Waals surface area contributed by atoms with E-state index in [0.29, 0.717) is 0 Å². The van der Waals surface area contributed by atoms with E-state index in [1.165, 1.54) is 0 Å². The molecule has 11 nitrogen and oxygen atoms in total. The normalized spacial score (nSPS) is 26.2. The molecule has 1 heterocycles. The van der Waals surface area contributed by atoms with Crippen molar-refractivity contribution in [1.29, 1.82) is 5.41 Å². The maximum atomic E-state index is 11.7. The zero-order chi connectivity index (χ0) is 23.2. The molecule has 0 aromatic carbocycles. The zero-order valence-corrected chi connectivity index (χ0v) is 18.6. The molecule has 0 aliphatic carbocycles. The lowest BCUT2D eigenvalue weighted by Gasteiger charge is -2.44. The predicted molar refractivity (Wildman–Crippen MR) is 101 cm³/mol. The Kier molecular flexibility index (Phi) is 9.60. The maximum Gasteiger partial charge on any atom is 0.303 e. The van der Waals surface area contributed by atoms with Gasteiger partial charge in [0.05, 0.1) is 0 Å². The molecule has 1 saturated heterocycles. The standard InChI is InChI=1S/C16H20Cl3NO10/c1-6(21)25-5-10-11(26-7(2)22)12(27-8(3)23)13(28-9(4)24)14(29-10)30-15(20)16(17,18)19/h10-14,20H,5H2,1-4H3/t10?,11-,12?,13+,14+/m1/s1. The van der Waals surface area contributed by atoms with Gasteiger partial charge in [-0.15, -0.1) is 0 Å². The Hall–Kier alpha value is -1.82. The number of carbonyl (C=O) groups excluding carboxylic acids is 4. The van der Waals surface area contributed by atoms with Crippen molar-refractivity contribution in [2.75, 3.05) is 6.61 Å². The first kappa shape index (κ1) is 26.2. The molecular weight excluding hydrogens is 473 g/mol. The molecule has 0 saturated carbocycles. The highest BCUT2D eigenvalue weighted by atomic mass is 35.6. The van der Waals surface area contributed by atoms with E-state index in [4.69, 9.17) is 68.6 Å². The first-order chi connectivity index (χ1) is 13.7. The molecule has 2 unspecified atom stereocenters. The van der Waals surface area contributed by atoms with Crippen LogP contribution in [0.4, 0.5) is 0 Å². The SMILES string of the molecule is CC(=O)OCC1O[C@@H](OC(=N)C(Cl)(Cl)Cl)[C@@H](OC(C)=O)C(OC(C)=O)[C@@H]1OC(C)=O. The van der Waals surface area contributed by atoms with Gasteiger partial charge in [0.2, 0.25) is 18.3 Å². The number of hydrogen-bond acceptors (Lipinski definition) is 11. The highest BCUT2D eigenvalue weighted by Crippen LogP contribution is 2.33. The maximum absolute atomic E-state index is 11.7. The summed E-state index contributed by atoms with van der Waals surface area (Å²) < 4.78 is 28.9. The second-order valence-electron chi connectivity index (χ2n) is 6.01. The monoisotopic (exact) mass is 491 g/mol. The third-order valence-electron chi connectivity index (χ3n) is 3.44. The highest BCUT2D eigenvalue weighted by Gasteiger charge is 2.54. The molecule has 0 aromatic rings. The highest BCUT2D eigenvalue weighted by molar-refractivity contribution is 6.76. The van der Waals surface area contributed by atoms with Crippen molar-refractivity contribution in [2.45, 2.75) is 62.2 Å². The number of carbonyl (C=O) groups is 4. The number of ether oxygens (including phenoxy) is 6. The van der Waals surface area contributed by atoms with Crippen molar-refractivity contribution >= 4 is 64.6 Å². The summed E-state index contributed by atoms with van der Waals surface area (Å²) >= 11 is 16.8. The van der Waals surface area contributed by atoms with Gasteiger partial charge in [0.15, 0.2) is 12.2 Å². The van der Waals surface area contributed by atoms with Crippen molar-refractivity contribution in [3.63, 3.8) is 0 Å². The Balaban J connectivity index is 3.37. The molecule has 1 rings (SSSR count). The van der Waals surface area contributed by atoms with Gasteiger partial charge < -0.3 is 28.4 Å². The molecule has 1 aliphatic rings. The number of rotatable bonds is 6. The van der Waals surface area contributed by atoms with E-state index < -0.39 is 70.9 Å². The fraction of sp³-hybridized carbons (Fsp3) is 0.688. The minimum atomic E-state index is -2.29. The number of alkyl halides is 3. The topological polar surface area (TPSA) is 148 Å². The third-order valence-corrected chi connectivity index (χ3v) is 3.95. The predicted octanol–water partition coefficient (Wildman–Crippen LogP) is 1.43. The summed E-state index contributed by atoms with van der Waals surface area (Å²) in [4.78, 5) is 46.1. The molecule has 1 aliphatic heterocycles. The Bertz CT molecular complexity index is 695. The molecule has 5 atom stereocenters. The first-order valence-corrected chi connectivity index (χ1v) is 9.48. The molecule has 170 valence electrons. The minimum absolute atomic E-state index is 0.460. The van der Waals surface area contributed by atoms with E-state index in [9.17, 15) is 19.2 Å². The molecule has 14 heteroatoms. The van der Waals surface area contributed by atoms with Crippen molar-refractivity contribution in [3.05, 3.63) is 0 Å². The molecule has 1 N–H and O–H groups in total. The third kappa shape index (κ3) is 8.13. The molecule has 0 spiro atoms. The van der Waals surface area contributed by atoms with Crippen LogP contribution in [0.25, 0.3) is 0 Å². The van der Waals surface area contributed by atoms with Gasteiger partial charge in [-0.3, -0.25) is 24.6 Å². The molecular formula is C16H20Cl3NO10. The fourth-order valence-electron chi connectivity index (χ4n) is 2.47. The Morgan fingerprint density at radius 3 is 1.70 bits per heavy atom. The molecule has 0 bridgehead atoms. The average molecular weight is 493 g/mol. The summed E-state index contributed by atoms with van der Waals surface area (Å²) in [5, 5.41) is 7.74. The second kappa shape index (κ2) is 11.0. The summed E-state index contributed by atoms with van der Waals surface area (Å²) in [5.74, 6) is -4.03. The summed E-state index contributed by atoms with van der Waals surface area (Å²) in [7, 11) is 0. The summed E-state index contributed by atoms with van der Waals surface area (Å²) in [6.45, 7) is 3.86. The first-order valence-electron chi connectivity index (χ1n) is 8.35. The molecule has 1 fully saturated rings. The number of esters is 4. The smallest absolute Gasteiger partial charge is 0.303 e. The van der Waals surface area contributed by atoms with Gasteiger partial charge in [-0.1, -0.05) is 34.8 Å². The minimum Gasteiger partial charge on any atom is -0.463 e. The van der Waals surface area contributed by atoms with Crippen LogP contribution >= 0.6 is 34.8 Å². The molecule has 30 heavy (non-hydrogen) atoms. The van der Waals surface area contributed by atoms with E-state index in [0.717, 1.165) is 27.7 Å². The number of nitrogens with one attached hydrogen (secondary N) is 1. The Labute approximate surface area is 186 Å². The van der Waals surface area contributed by atoms with Gasteiger partial charge in [-0.25, -0.2) is 0 Å². The van der Waals surface area contributed by atoms with Crippen molar-refractivity contribution < 1.29 is 47.6 Å². The zero-order valence-electron chi connectivity index (χ0n) is 16.3. The summed E-state index contributed by atoms with van der Waals surface area (Å²) in [5.41, 5.74) is 0. The summed E-state index contributed by atoms with van der Waals surface area (Å²) in [6.07, 6.45) is -7.25. The van der Waals surface area contributed by atoms with Gasteiger partial charge in [0.25, 0.3) is 3.79 Å². The van der Waals surface area contributed by atoms with Crippen LogP contribution < -0.4 is 0 Å². The van der Waals surface area contributed by atoms with Crippen LogP contribution in [0.5, 0.6) is 0 Å². The van der Waals surface area contributed by atoms with Crippen LogP contribution in [0.15, 0.2) is 0 Å². The van der Waals surface area contributed by atoms with Crippen molar-refractivity contribution in [3.8, 4) is 0 Å². The van der Waals surface area contributed by atoms with Crippen LogP contribution in [0, 0.1) is 5.41 Å². The largest absolute Gasteiger partial charge is 0.463 e. The van der Waals surface area contributed by atoms with Crippen LogP contribution in [0.1, 0.15) is 27.7 Å². The number of halogens is 3. The molecule has 0 amide bonds. The quantitative estimate of drug-likeness (QED) is 0.190. The van der Waals surface area contributed by atoms with Gasteiger partial charge in [-0.2, -0.15) is 0 Å². The molecule has 0 radical (unpaired) electrons. The fourth-order valence-corrected chi connectivity index (χ4v) is 2.60.